The van der Waals surface area contributed by atoms with Crippen LogP contribution in [0.1, 0.15) is 26.2 Å². The first-order valence-corrected chi connectivity index (χ1v) is 6.18. The summed E-state index contributed by atoms with van der Waals surface area (Å²) in [5.74, 6) is 0.878. The third kappa shape index (κ3) is 2.55. The van der Waals surface area contributed by atoms with Crippen molar-refractivity contribution in [3.63, 3.8) is 0 Å². The van der Waals surface area contributed by atoms with Gasteiger partial charge in [-0.25, -0.2) is 0 Å². The topological polar surface area (TPSA) is 41.6 Å². The lowest BCUT2D eigenvalue weighted by atomic mass is 10.1. The largest absolute Gasteiger partial charge is 0.376 e. The van der Waals surface area contributed by atoms with E-state index in [1.54, 1.807) is 19.0 Å². The highest BCUT2D eigenvalue weighted by atomic mass is 16.5. The van der Waals surface area contributed by atoms with Gasteiger partial charge in [0, 0.05) is 26.7 Å². The Labute approximate surface area is 97.3 Å². The van der Waals surface area contributed by atoms with Gasteiger partial charge in [0.05, 0.1) is 12.1 Å². The van der Waals surface area contributed by atoms with E-state index in [4.69, 9.17) is 4.74 Å². The van der Waals surface area contributed by atoms with Crippen molar-refractivity contribution in [2.75, 3.05) is 20.7 Å². The molecule has 1 N–H and O–H groups in total. The van der Waals surface area contributed by atoms with Gasteiger partial charge in [0.25, 0.3) is 0 Å². The highest BCUT2D eigenvalue weighted by Crippen LogP contribution is 2.38. The Bertz CT molecular complexity index is 264. The molecule has 3 atom stereocenters. The van der Waals surface area contributed by atoms with E-state index in [9.17, 15) is 4.79 Å². The lowest BCUT2D eigenvalue weighted by Crippen LogP contribution is -2.49. The van der Waals surface area contributed by atoms with Crippen molar-refractivity contribution in [1.29, 1.82) is 0 Å². The fourth-order valence-corrected chi connectivity index (χ4v) is 2.46. The van der Waals surface area contributed by atoms with Gasteiger partial charge in [0.1, 0.15) is 0 Å². The first-order chi connectivity index (χ1) is 7.59. The molecular weight excluding hydrogens is 204 g/mol. The molecule has 0 aromatic heterocycles. The predicted molar refractivity (Wildman–Crippen MR) is 62.2 cm³/mol. The Morgan fingerprint density at radius 1 is 1.38 bits per heavy atom. The second-order valence-electron chi connectivity index (χ2n) is 5.19. The first kappa shape index (κ1) is 11.9. The van der Waals surface area contributed by atoms with Gasteiger partial charge >= 0.3 is 0 Å². The Morgan fingerprint density at radius 2 is 2.06 bits per heavy atom. The van der Waals surface area contributed by atoms with Crippen LogP contribution in [0.4, 0.5) is 0 Å². The van der Waals surface area contributed by atoms with Crippen molar-refractivity contribution in [1.82, 2.24) is 10.2 Å². The fraction of sp³-hybridized carbons (Fsp3) is 0.917. The number of amides is 1. The van der Waals surface area contributed by atoms with Crippen molar-refractivity contribution in [3.8, 4) is 0 Å². The Balaban J connectivity index is 1.85. The Kier molecular flexibility index (Phi) is 3.50. The highest BCUT2D eigenvalue weighted by Gasteiger charge is 2.41. The number of carbonyl (C=O) groups excluding carboxylic acids is 1. The van der Waals surface area contributed by atoms with E-state index in [-0.39, 0.29) is 11.9 Å². The summed E-state index contributed by atoms with van der Waals surface area (Å²) in [5, 5.41) is 3.42. The van der Waals surface area contributed by atoms with E-state index >= 15 is 0 Å². The van der Waals surface area contributed by atoms with Gasteiger partial charge in [-0.15, -0.1) is 0 Å². The third-order valence-electron chi connectivity index (χ3n) is 3.50. The molecule has 2 fully saturated rings. The molecule has 0 aromatic rings. The summed E-state index contributed by atoms with van der Waals surface area (Å²) in [6.07, 6.45) is 3.96. The number of carbonyl (C=O) groups is 1. The standard InChI is InChI=1S/C12H22N2O2/c1-8(12(15)14(2)3)13-10-6-7-16-11(10)9-4-5-9/h8-11,13H,4-7H2,1-3H3. The molecule has 0 aromatic carbocycles. The van der Waals surface area contributed by atoms with E-state index < -0.39 is 0 Å². The zero-order valence-electron chi connectivity index (χ0n) is 10.4. The molecule has 1 heterocycles. The summed E-state index contributed by atoms with van der Waals surface area (Å²) in [4.78, 5) is 13.4. The van der Waals surface area contributed by atoms with E-state index in [0.717, 1.165) is 18.9 Å². The number of hydrogen-bond acceptors (Lipinski definition) is 3. The number of nitrogens with one attached hydrogen (secondary N) is 1. The molecular formula is C12H22N2O2. The zero-order chi connectivity index (χ0) is 11.7. The predicted octanol–water partition coefficient (Wildman–Crippen LogP) is 0.620. The number of likely N-dealkylation sites (N-methyl/N-ethyl adjacent to an activating group) is 1. The van der Waals surface area contributed by atoms with Crippen LogP contribution in [0, 0.1) is 5.92 Å². The van der Waals surface area contributed by atoms with E-state index in [1.807, 2.05) is 6.92 Å². The van der Waals surface area contributed by atoms with Gasteiger partial charge in [-0.2, -0.15) is 0 Å². The number of nitrogens with zero attached hydrogens (tertiary/aromatic N) is 1. The third-order valence-corrected chi connectivity index (χ3v) is 3.50. The van der Waals surface area contributed by atoms with Crippen LogP contribution in [0.5, 0.6) is 0 Å². The lowest BCUT2D eigenvalue weighted by Gasteiger charge is -2.25. The van der Waals surface area contributed by atoms with Crippen molar-refractivity contribution in [2.24, 2.45) is 5.92 Å². The molecule has 1 amide bonds. The van der Waals surface area contributed by atoms with E-state index in [2.05, 4.69) is 5.32 Å². The van der Waals surface area contributed by atoms with Gasteiger partial charge in [0.15, 0.2) is 0 Å². The van der Waals surface area contributed by atoms with Crippen molar-refractivity contribution >= 4 is 5.91 Å². The molecule has 1 saturated carbocycles. The molecule has 0 radical (unpaired) electrons. The summed E-state index contributed by atoms with van der Waals surface area (Å²) >= 11 is 0. The molecule has 1 aliphatic carbocycles. The maximum absolute atomic E-state index is 11.7. The minimum Gasteiger partial charge on any atom is -0.376 e. The number of hydrogen-bond donors (Lipinski definition) is 1. The van der Waals surface area contributed by atoms with Gasteiger partial charge in [-0.3, -0.25) is 4.79 Å². The molecule has 1 saturated heterocycles. The smallest absolute Gasteiger partial charge is 0.238 e. The van der Waals surface area contributed by atoms with Crippen LogP contribution in [-0.4, -0.2) is 49.7 Å². The second kappa shape index (κ2) is 4.72. The summed E-state index contributed by atoms with van der Waals surface area (Å²) in [6, 6.07) is 0.259. The Morgan fingerprint density at radius 3 is 2.62 bits per heavy atom. The molecule has 3 unspecified atom stereocenters. The molecule has 4 heteroatoms. The fourth-order valence-electron chi connectivity index (χ4n) is 2.46. The first-order valence-electron chi connectivity index (χ1n) is 6.18. The second-order valence-corrected chi connectivity index (χ2v) is 5.19. The molecule has 0 bridgehead atoms. The zero-order valence-corrected chi connectivity index (χ0v) is 10.4. The average molecular weight is 226 g/mol. The molecule has 4 nitrogen and oxygen atoms in total. The summed E-state index contributed by atoms with van der Waals surface area (Å²) in [6.45, 7) is 2.77. The van der Waals surface area contributed by atoms with Gasteiger partial charge in [-0.05, 0) is 32.1 Å². The van der Waals surface area contributed by atoms with Crippen LogP contribution in [-0.2, 0) is 9.53 Å². The lowest BCUT2D eigenvalue weighted by molar-refractivity contribution is -0.130. The van der Waals surface area contributed by atoms with E-state index in [1.165, 1.54) is 12.8 Å². The maximum atomic E-state index is 11.7. The summed E-state index contributed by atoms with van der Waals surface area (Å²) < 4.78 is 5.74. The van der Waals surface area contributed by atoms with Gasteiger partial charge < -0.3 is 15.0 Å². The summed E-state index contributed by atoms with van der Waals surface area (Å²) in [5.41, 5.74) is 0. The molecule has 2 aliphatic rings. The van der Waals surface area contributed by atoms with E-state index in [0.29, 0.717) is 12.1 Å². The molecule has 16 heavy (non-hydrogen) atoms. The quantitative estimate of drug-likeness (QED) is 0.764. The van der Waals surface area contributed by atoms with Crippen LogP contribution in [0.25, 0.3) is 0 Å². The molecule has 1 aliphatic heterocycles. The van der Waals surface area contributed by atoms with Crippen LogP contribution in [0.15, 0.2) is 0 Å². The summed E-state index contributed by atoms with van der Waals surface area (Å²) in [7, 11) is 3.59. The number of rotatable bonds is 4. The van der Waals surface area contributed by atoms with Crippen LogP contribution in [0.3, 0.4) is 0 Å². The van der Waals surface area contributed by atoms with Gasteiger partial charge in [-0.1, -0.05) is 0 Å². The van der Waals surface area contributed by atoms with Crippen LogP contribution in [0.2, 0.25) is 0 Å². The number of ether oxygens (including phenoxy) is 1. The highest BCUT2D eigenvalue weighted by molar-refractivity contribution is 5.80. The molecule has 2 rings (SSSR count). The Hall–Kier alpha value is -0.610. The molecule has 0 spiro atoms. The maximum Gasteiger partial charge on any atom is 0.238 e. The molecule has 92 valence electrons. The SMILES string of the molecule is CC(NC1CCOC1C1CC1)C(=O)N(C)C. The van der Waals surface area contributed by atoms with Crippen LogP contribution < -0.4 is 5.32 Å². The average Bonchev–Trinajstić information content (AvgIpc) is 2.99. The monoisotopic (exact) mass is 226 g/mol. The van der Waals surface area contributed by atoms with Crippen molar-refractivity contribution in [2.45, 2.75) is 44.4 Å². The minimum atomic E-state index is -0.108. The minimum absolute atomic E-state index is 0.108. The van der Waals surface area contributed by atoms with Crippen molar-refractivity contribution in [3.05, 3.63) is 0 Å². The van der Waals surface area contributed by atoms with Gasteiger partial charge in [0.2, 0.25) is 5.91 Å². The van der Waals surface area contributed by atoms with Crippen LogP contribution >= 0.6 is 0 Å². The normalized spacial score (nSPS) is 31.4. The van der Waals surface area contributed by atoms with Crippen molar-refractivity contribution < 1.29 is 9.53 Å².